The number of carbonyl (C=O) groups excluding carboxylic acids is 1. The number of nitrogens with zero attached hydrogens (tertiary/aromatic N) is 1. The van der Waals surface area contributed by atoms with E-state index in [2.05, 4.69) is 10.3 Å². The molecule has 0 saturated heterocycles. The molecule has 1 aliphatic heterocycles. The molecule has 0 bridgehead atoms. The maximum Gasteiger partial charge on any atom is 0.230 e. The van der Waals surface area contributed by atoms with E-state index in [9.17, 15) is 13.2 Å². The molecule has 0 unspecified atom stereocenters. The van der Waals surface area contributed by atoms with Crippen LogP contribution in [-0.2, 0) is 21.1 Å². The van der Waals surface area contributed by atoms with E-state index in [1.807, 2.05) is 12.1 Å². The Hall–Kier alpha value is -2.65. The molecule has 9 heteroatoms. The fourth-order valence-corrected chi connectivity index (χ4v) is 4.89. The lowest BCUT2D eigenvalue weighted by molar-refractivity contribution is -0.115. The number of nitrogens with one attached hydrogen (secondary N) is 1. The van der Waals surface area contributed by atoms with Crippen molar-refractivity contribution >= 4 is 42.4 Å². The van der Waals surface area contributed by atoms with Crippen molar-refractivity contribution in [3.63, 3.8) is 0 Å². The molecule has 4 rings (SSSR count). The summed E-state index contributed by atoms with van der Waals surface area (Å²) in [6.07, 6.45) is 0.126. The number of hydrogen-bond donors (Lipinski definition) is 1. The number of sulfone groups is 1. The van der Waals surface area contributed by atoms with Crippen LogP contribution in [0.5, 0.6) is 11.5 Å². The van der Waals surface area contributed by atoms with E-state index in [0.717, 1.165) is 15.8 Å². The number of carbonyl (C=O) groups is 1. The van der Waals surface area contributed by atoms with Crippen molar-refractivity contribution < 1.29 is 22.7 Å². The van der Waals surface area contributed by atoms with Gasteiger partial charge in [-0.1, -0.05) is 23.5 Å². The third kappa shape index (κ3) is 4.06. The highest BCUT2D eigenvalue weighted by molar-refractivity contribution is 7.92. The molecule has 0 saturated carbocycles. The summed E-state index contributed by atoms with van der Waals surface area (Å²) in [7, 11) is -3.32. The second-order valence-corrected chi connectivity index (χ2v) is 10.5. The first-order chi connectivity index (χ1) is 13.8. The van der Waals surface area contributed by atoms with E-state index >= 15 is 0 Å². The Labute approximate surface area is 172 Å². The molecule has 0 atom stereocenters. The van der Waals surface area contributed by atoms with Crippen LogP contribution >= 0.6 is 11.3 Å². The molecule has 3 aromatic rings. The molecular weight excluding hydrogens is 412 g/mol. The molecule has 0 spiro atoms. The van der Waals surface area contributed by atoms with Gasteiger partial charge in [-0.15, -0.1) is 0 Å². The molecule has 1 amide bonds. The Morgan fingerprint density at radius 2 is 1.79 bits per heavy atom. The molecule has 1 aliphatic rings. The summed E-state index contributed by atoms with van der Waals surface area (Å²) in [5, 5.41) is 2.81. The van der Waals surface area contributed by atoms with Gasteiger partial charge in [0.05, 0.1) is 26.8 Å². The SMILES string of the molecule is CC(C)S(=O)(=O)c1ccc(CC(=O)Nc2nc3cc4c(cc3s2)OCCO4)cc1. The molecule has 2 heterocycles. The summed E-state index contributed by atoms with van der Waals surface area (Å²) in [5.41, 5.74) is 1.46. The molecule has 0 radical (unpaired) electrons. The maximum atomic E-state index is 12.4. The van der Waals surface area contributed by atoms with Crippen molar-refractivity contribution in [1.29, 1.82) is 0 Å². The Kier molecular flexibility index (Phi) is 5.18. The van der Waals surface area contributed by atoms with Gasteiger partial charge in [0.15, 0.2) is 26.5 Å². The molecule has 1 aromatic heterocycles. The lowest BCUT2D eigenvalue weighted by atomic mass is 10.1. The van der Waals surface area contributed by atoms with Gasteiger partial charge in [0.2, 0.25) is 5.91 Å². The first kappa shape index (κ1) is 19.7. The van der Waals surface area contributed by atoms with Gasteiger partial charge in [0.1, 0.15) is 13.2 Å². The number of aromatic nitrogens is 1. The minimum atomic E-state index is -3.32. The van der Waals surface area contributed by atoms with Crippen LogP contribution in [0.1, 0.15) is 19.4 Å². The van der Waals surface area contributed by atoms with Gasteiger partial charge in [0.25, 0.3) is 0 Å². The van der Waals surface area contributed by atoms with Crippen LogP contribution in [0.3, 0.4) is 0 Å². The maximum absolute atomic E-state index is 12.4. The minimum Gasteiger partial charge on any atom is -0.486 e. The van der Waals surface area contributed by atoms with E-state index in [1.54, 1.807) is 38.1 Å². The summed E-state index contributed by atoms with van der Waals surface area (Å²) in [6.45, 7) is 4.30. The normalized spacial score (nSPS) is 13.6. The predicted octanol–water partition coefficient (Wildman–Crippen LogP) is 3.43. The number of thiazole rings is 1. The van der Waals surface area contributed by atoms with Crippen molar-refractivity contribution in [2.24, 2.45) is 0 Å². The fourth-order valence-electron chi connectivity index (χ4n) is 2.94. The number of hydrogen-bond acceptors (Lipinski definition) is 7. The molecule has 1 N–H and O–H groups in total. The topological polar surface area (TPSA) is 94.6 Å². The number of rotatable bonds is 5. The highest BCUT2D eigenvalue weighted by atomic mass is 32.2. The Morgan fingerprint density at radius 3 is 2.45 bits per heavy atom. The zero-order valence-electron chi connectivity index (χ0n) is 16.0. The van der Waals surface area contributed by atoms with Crippen molar-refractivity contribution in [2.45, 2.75) is 30.4 Å². The highest BCUT2D eigenvalue weighted by Gasteiger charge is 2.19. The average molecular weight is 433 g/mol. The number of anilines is 1. The number of fused-ring (bicyclic) bond motifs is 2. The van der Waals surface area contributed by atoms with Crippen LogP contribution in [0.2, 0.25) is 0 Å². The molecule has 0 fully saturated rings. The average Bonchev–Trinajstić information content (AvgIpc) is 3.07. The number of benzene rings is 2. The fraction of sp³-hybridized carbons (Fsp3) is 0.300. The van der Waals surface area contributed by atoms with Crippen molar-refractivity contribution in [2.75, 3.05) is 18.5 Å². The van der Waals surface area contributed by atoms with Crippen LogP contribution < -0.4 is 14.8 Å². The van der Waals surface area contributed by atoms with Crippen LogP contribution in [0.4, 0.5) is 5.13 Å². The van der Waals surface area contributed by atoms with Gasteiger partial charge < -0.3 is 14.8 Å². The van der Waals surface area contributed by atoms with Gasteiger partial charge in [-0.3, -0.25) is 4.79 Å². The summed E-state index contributed by atoms with van der Waals surface area (Å²) >= 11 is 1.36. The Balaban J connectivity index is 1.46. The first-order valence-corrected chi connectivity index (χ1v) is 11.5. The zero-order valence-corrected chi connectivity index (χ0v) is 17.6. The van der Waals surface area contributed by atoms with E-state index in [4.69, 9.17) is 9.47 Å². The minimum absolute atomic E-state index is 0.126. The Morgan fingerprint density at radius 1 is 1.14 bits per heavy atom. The highest BCUT2D eigenvalue weighted by Crippen LogP contribution is 2.37. The molecule has 2 aromatic carbocycles. The summed E-state index contributed by atoms with van der Waals surface area (Å²) in [5.74, 6) is 1.12. The molecule has 152 valence electrons. The lowest BCUT2D eigenvalue weighted by Gasteiger charge is -2.17. The molecule has 29 heavy (non-hydrogen) atoms. The molecule has 7 nitrogen and oxygen atoms in total. The third-order valence-electron chi connectivity index (χ3n) is 4.54. The lowest BCUT2D eigenvalue weighted by Crippen LogP contribution is -2.15. The quantitative estimate of drug-likeness (QED) is 0.664. The monoisotopic (exact) mass is 432 g/mol. The number of ether oxygens (including phenoxy) is 2. The van der Waals surface area contributed by atoms with E-state index in [0.29, 0.717) is 29.8 Å². The third-order valence-corrected chi connectivity index (χ3v) is 7.64. The van der Waals surface area contributed by atoms with Crippen molar-refractivity contribution in [3.8, 4) is 11.5 Å². The predicted molar refractivity (Wildman–Crippen MR) is 112 cm³/mol. The zero-order chi connectivity index (χ0) is 20.6. The summed E-state index contributed by atoms with van der Waals surface area (Å²) in [4.78, 5) is 17.1. The van der Waals surface area contributed by atoms with Gasteiger partial charge in [0, 0.05) is 12.1 Å². The summed E-state index contributed by atoms with van der Waals surface area (Å²) in [6, 6.07) is 10.1. The van der Waals surface area contributed by atoms with Gasteiger partial charge >= 0.3 is 0 Å². The first-order valence-electron chi connectivity index (χ1n) is 9.16. The molecular formula is C20H20N2O5S2. The van der Waals surface area contributed by atoms with Crippen molar-refractivity contribution in [1.82, 2.24) is 4.98 Å². The van der Waals surface area contributed by atoms with Crippen LogP contribution in [0.15, 0.2) is 41.3 Å². The van der Waals surface area contributed by atoms with E-state index in [-0.39, 0.29) is 17.2 Å². The van der Waals surface area contributed by atoms with Crippen molar-refractivity contribution in [3.05, 3.63) is 42.0 Å². The van der Waals surface area contributed by atoms with Crippen LogP contribution in [-0.4, -0.2) is 37.8 Å². The largest absolute Gasteiger partial charge is 0.486 e. The molecule has 0 aliphatic carbocycles. The van der Waals surface area contributed by atoms with Gasteiger partial charge in [-0.05, 0) is 31.5 Å². The smallest absolute Gasteiger partial charge is 0.230 e. The van der Waals surface area contributed by atoms with E-state index in [1.165, 1.54) is 11.3 Å². The van der Waals surface area contributed by atoms with Crippen LogP contribution in [0.25, 0.3) is 10.2 Å². The summed E-state index contributed by atoms with van der Waals surface area (Å²) < 4.78 is 36.4. The van der Waals surface area contributed by atoms with Gasteiger partial charge in [-0.25, -0.2) is 13.4 Å². The second-order valence-electron chi connectivity index (χ2n) is 6.95. The standard InChI is InChI=1S/C20H20N2O5S2/c1-12(2)29(24,25)14-5-3-13(4-6-14)9-19(23)22-20-21-15-10-16-17(11-18(15)28-20)27-8-7-26-16/h3-6,10-12H,7-9H2,1-2H3,(H,21,22,23). The van der Waals surface area contributed by atoms with E-state index < -0.39 is 15.1 Å². The van der Waals surface area contributed by atoms with Crippen LogP contribution in [0, 0.1) is 0 Å². The number of amides is 1. The van der Waals surface area contributed by atoms with Gasteiger partial charge in [-0.2, -0.15) is 0 Å². The Bertz CT molecular complexity index is 1120. The second kappa shape index (κ2) is 7.64.